The fraction of sp³-hybridized carbons (Fsp3) is 0.0938. The quantitative estimate of drug-likeness (QED) is 0.118. The van der Waals surface area contributed by atoms with Crippen molar-refractivity contribution in [1.82, 2.24) is 0 Å². The predicted octanol–water partition coefficient (Wildman–Crippen LogP) is 5.87. The van der Waals surface area contributed by atoms with Gasteiger partial charge in [0.1, 0.15) is 11.5 Å². The lowest BCUT2D eigenvalue weighted by atomic mass is 10.0. The van der Waals surface area contributed by atoms with Gasteiger partial charge in [0.25, 0.3) is 0 Å². The summed E-state index contributed by atoms with van der Waals surface area (Å²) in [5, 5.41) is 18.9. The van der Waals surface area contributed by atoms with Crippen LogP contribution in [-0.4, -0.2) is 34.7 Å². The number of benzene rings is 4. The molecule has 8 heteroatoms. The first-order valence-corrected chi connectivity index (χ1v) is 12.3. The lowest BCUT2D eigenvalue weighted by molar-refractivity contribution is -0.130. The van der Waals surface area contributed by atoms with E-state index in [9.17, 15) is 24.6 Å². The van der Waals surface area contributed by atoms with Gasteiger partial charge < -0.3 is 24.4 Å². The molecule has 8 nitrogen and oxygen atoms in total. The van der Waals surface area contributed by atoms with Crippen molar-refractivity contribution in [3.63, 3.8) is 0 Å². The number of aromatic hydroxyl groups is 2. The Bertz CT molecular complexity index is 1540. The van der Waals surface area contributed by atoms with Gasteiger partial charge in [0.2, 0.25) is 0 Å². The van der Waals surface area contributed by atoms with Crippen LogP contribution in [0.2, 0.25) is 0 Å². The summed E-state index contributed by atoms with van der Waals surface area (Å²) >= 11 is 0. The Morgan fingerprint density at radius 2 is 1.20 bits per heavy atom. The maximum Gasteiger partial charge on any atom is 0.343 e. The second-order valence-corrected chi connectivity index (χ2v) is 8.89. The Morgan fingerprint density at radius 1 is 0.675 bits per heavy atom. The topological polar surface area (TPSA) is 119 Å². The van der Waals surface area contributed by atoms with Crippen molar-refractivity contribution in [2.45, 2.75) is 13.3 Å². The Kier molecular flexibility index (Phi) is 8.61. The maximum atomic E-state index is 12.5. The van der Waals surface area contributed by atoms with Gasteiger partial charge in [-0.1, -0.05) is 36.9 Å². The van der Waals surface area contributed by atoms with Crippen molar-refractivity contribution in [2.24, 2.45) is 0 Å². The molecule has 0 unspecified atom stereocenters. The van der Waals surface area contributed by atoms with Gasteiger partial charge in [-0.15, -0.1) is 0 Å². The van der Waals surface area contributed by atoms with E-state index in [1.54, 1.807) is 61.5 Å². The van der Waals surface area contributed by atoms with Crippen LogP contribution in [0.25, 0.3) is 11.1 Å². The minimum atomic E-state index is -0.560. The lowest BCUT2D eigenvalue weighted by Crippen LogP contribution is -2.10. The smallest absolute Gasteiger partial charge is 0.343 e. The number of hydrogen-bond donors (Lipinski definition) is 2. The largest absolute Gasteiger partial charge is 0.504 e. The highest BCUT2D eigenvalue weighted by atomic mass is 16.5. The number of carbonyl (C=O) groups excluding carboxylic acids is 3. The first-order chi connectivity index (χ1) is 19.2. The van der Waals surface area contributed by atoms with Crippen LogP contribution in [0.15, 0.2) is 103 Å². The van der Waals surface area contributed by atoms with E-state index in [2.05, 4.69) is 6.58 Å². The highest BCUT2D eigenvalue weighted by Gasteiger charge is 2.12. The van der Waals surface area contributed by atoms with Crippen LogP contribution < -0.4 is 9.47 Å². The average molecular weight is 539 g/mol. The zero-order chi connectivity index (χ0) is 28.6. The van der Waals surface area contributed by atoms with E-state index in [1.807, 2.05) is 0 Å². The maximum absolute atomic E-state index is 12.5. The number of carbonyl (C=O) groups is 3. The first-order valence-electron chi connectivity index (χ1n) is 12.3. The number of hydrogen-bond acceptors (Lipinski definition) is 8. The summed E-state index contributed by atoms with van der Waals surface area (Å²) in [6.07, 6.45) is 0.394. The van der Waals surface area contributed by atoms with Crippen molar-refractivity contribution in [1.29, 1.82) is 0 Å². The molecule has 0 amide bonds. The standard InChI is InChI=1S/C32H26O8/c1-20(2)30(35)39-26-14-10-25(11-15-26)32(37)40-27-12-8-23(9-13-27)22-4-6-24(7-5-22)31(36)38-18-17-21-3-16-28(33)29(34)19-21/h3-16,19,33-34H,1,17-18H2,2H3. The minimum Gasteiger partial charge on any atom is -0.504 e. The summed E-state index contributed by atoms with van der Waals surface area (Å²) in [5.41, 5.74) is 3.40. The summed E-state index contributed by atoms with van der Waals surface area (Å²) in [5.74, 6) is -1.36. The summed E-state index contributed by atoms with van der Waals surface area (Å²) in [4.78, 5) is 36.5. The van der Waals surface area contributed by atoms with Crippen LogP contribution in [0.3, 0.4) is 0 Å². The number of esters is 3. The zero-order valence-electron chi connectivity index (χ0n) is 21.6. The molecule has 0 heterocycles. The van der Waals surface area contributed by atoms with Gasteiger partial charge in [0.15, 0.2) is 11.5 Å². The van der Waals surface area contributed by atoms with Crippen LogP contribution in [0.1, 0.15) is 33.2 Å². The second kappa shape index (κ2) is 12.4. The van der Waals surface area contributed by atoms with E-state index in [0.29, 0.717) is 29.0 Å². The molecule has 4 rings (SSSR count). The molecule has 2 N–H and O–H groups in total. The van der Waals surface area contributed by atoms with E-state index in [-0.39, 0.29) is 23.7 Å². The van der Waals surface area contributed by atoms with Crippen LogP contribution in [-0.2, 0) is 16.0 Å². The Balaban J connectivity index is 1.29. The molecule has 40 heavy (non-hydrogen) atoms. The van der Waals surface area contributed by atoms with Gasteiger partial charge in [-0.3, -0.25) is 0 Å². The summed E-state index contributed by atoms with van der Waals surface area (Å²) < 4.78 is 15.9. The molecule has 4 aromatic rings. The number of phenolic OH excluding ortho intramolecular Hbond substituents is 2. The third-order valence-electron chi connectivity index (χ3n) is 5.83. The van der Waals surface area contributed by atoms with Gasteiger partial charge >= 0.3 is 17.9 Å². The molecule has 0 bridgehead atoms. The normalized spacial score (nSPS) is 10.4. The van der Waals surface area contributed by atoms with Crippen molar-refractivity contribution in [3.8, 4) is 34.1 Å². The molecule has 0 saturated carbocycles. The van der Waals surface area contributed by atoms with Crippen LogP contribution in [0.4, 0.5) is 0 Å². The summed E-state index contributed by atoms with van der Waals surface area (Å²) in [6.45, 7) is 5.19. The average Bonchev–Trinajstić information content (AvgIpc) is 2.95. The van der Waals surface area contributed by atoms with Crippen molar-refractivity contribution < 1.29 is 38.8 Å². The van der Waals surface area contributed by atoms with Gasteiger partial charge in [-0.2, -0.15) is 0 Å². The molecule has 0 fully saturated rings. The van der Waals surface area contributed by atoms with Crippen LogP contribution in [0, 0.1) is 0 Å². The third kappa shape index (κ3) is 7.14. The molecular formula is C32H26O8. The Labute approximate surface area is 230 Å². The van der Waals surface area contributed by atoms with Gasteiger partial charge in [-0.05, 0) is 84.3 Å². The Morgan fingerprint density at radius 3 is 1.80 bits per heavy atom. The molecule has 0 aliphatic heterocycles. The zero-order valence-corrected chi connectivity index (χ0v) is 21.6. The molecular weight excluding hydrogens is 512 g/mol. The van der Waals surface area contributed by atoms with Gasteiger partial charge in [-0.25, -0.2) is 14.4 Å². The summed E-state index contributed by atoms with van der Waals surface area (Å²) in [7, 11) is 0. The SMILES string of the molecule is C=C(C)C(=O)Oc1ccc(C(=O)Oc2ccc(-c3ccc(C(=O)OCCc4ccc(O)c(O)c4)cc3)cc2)cc1. The molecule has 4 aromatic carbocycles. The fourth-order valence-corrected chi connectivity index (χ4v) is 3.60. The second-order valence-electron chi connectivity index (χ2n) is 8.89. The number of ether oxygens (including phenoxy) is 3. The highest BCUT2D eigenvalue weighted by molar-refractivity contribution is 5.92. The number of rotatable bonds is 9. The minimum absolute atomic E-state index is 0.123. The van der Waals surface area contributed by atoms with Crippen LogP contribution >= 0.6 is 0 Å². The van der Waals surface area contributed by atoms with E-state index in [4.69, 9.17) is 14.2 Å². The molecule has 0 spiro atoms. The monoisotopic (exact) mass is 538 g/mol. The molecule has 0 aliphatic carbocycles. The van der Waals surface area contributed by atoms with Crippen molar-refractivity contribution >= 4 is 17.9 Å². The molecule has 0 aliphatic rings. The summed E-state index contributed by atoms with van der Waals surface area (Å²) in [6, 6.07) is 24.3. The first kappa shape index (κ1) is 27.7. The predicted molar refractivity (Wildman–Crippen MR) is 147 cm³/mol. The molecule has 0 aromatic heterocycles. The van der Waals surface area contributed by atoms with Crippen molar-refractivity contribution in [2.75, 3.05) is 6.61 Å². The number of phenols is 2. The highest BCUT2D eigenvalue weighted by Crippen LogP contribution is 2.26. The Hall–Kier alpha value is -5.37. The lowest BCUT2D eigenvalue weighted by Gasteiger charge is -2.08. The third-order valence-corrected chi connectivity index (χ3v) is 5.83. The van der Waals surface area contributed by atoms with Crippen LogP contribution in [0.5, 0.6) is 23.0 Å². The molecule has 0 saturated heterocycles. The van der Waals surface area contributed by atoms with E-state index in [1.165, 1.54) is 36.4 Å². The van der Waals surface area contributed by atoms with E-state index < -0.39 is 17.9 Å². The van der Waals surface area contributed by atoms with Crippen molar-refractivity contribution in [3.05, 3.63) is 120 Å². The van der Waals surface area contributed by atoms with Gasteiger partial charge in [0.05, 0.1) is 17.7 Å². The van der Waals surface area contributed by atoms with E-state index in [0.717, 1.165) is 16.7 Å². The molecule has 202 valence electrons. The molecule has 0 atom stereocenters. The van der Waals surface area contributed by atoms with Gasteiger partial charge in [0, 0.05) is 12.0 Å². The van der Waals surface area contributed by atoms with E-state index >= 15 is 0 Å². The fourth-order valence-electron chi connectivity index (χ4n) is 3.60. The molecule has 0 radical (unpaired) electrons.